The number of nitrogens with two attached hydrogens (primary N) is 1. The molecule has 9 heteroatoms. The van der Waals surface area contributed by atoms with Gasteiger partial charge in [0.25, 0.3) is 5.56 Å². The molecule has 0 bridgehead atoms. The number of nitrogens with zero attached hydrogens (tertiary/aromatic N) is 3. The smallest absolute Gasteiger partial charge is 0.329 e. The molecule has 3 N–H and O–H groups in total. The molecule has 0 aliphatic heterocycles. The molecule has 3 aromatic rings. The van der Waals surface area contributed by atoms with Crippen LogP contribution in [0.5, 0.6) is 0 Å². The van der Waals surface area contributed by atoms with E-state index in [2.05, 4.69) is 35.9 Å². The number of ketones is 1. The number of aromatic amines is 1. The van der Waals surface area contributed by atoms with Crippen LogP contribution in [-0.4, -0.2) is 30.6 Å². The monoisotopic (exact) mass is 441 g/mol. The Hall–Kier alpha value is -3.07. The molecule has 0 aliphatic carbocycles. The van der Waals surface area contributed by atoms with Crippen LogP contribution in [0.2, 0.25) is 0 Å². The molecule has 0 atom stereocenters. The van der Waals surface area contributed by atoms with Crippen molar-refractivity contribution in [2.45, 2.75) is 45.3 Å². The van der Waals surface area contributed by atoms with E-state index in [1.165, 1.54) is 21.9 Å². The lowest BCUT2D eigenvalue weighted by atomic mass is 10.0. The van der Waals surface area contributed by atoms with Crippen molar-refractivity contribution in [2.75, 3.05) is 11.5 Å². The maximum Gasteiger partial charge on any atom is 0.329 e. The molecule has 0 saturated carbocycles. The van der Waals surface area contributed by atoms with E-state index in [4.69, 9.17) is 5.73 Å². The summed E-state index contributed by atoms with van der Waals surface area (Å²) in [6.45, 7) is 8.42. The van der Waals surface area contributed by atoms with Gasteiger partial charge in [0.05, 0.1) is 5.75 Å². The summed E-state index contributed by atoms with van der Waals surface area (Å²) in [6, 6.07) is 8.15. The molecule has 0 fully saturated rings. The van der Waals surface area contributed by atoms with Crippen molar-refractivity contribution >= 4 is 23.4 Å². The molecule has 31 heavy (non-hydrogen) atoms. The van der Waals surface area contributed by atoms with Crippen LogP contribution in [0.15, 0.2) is 51.4 Å². The van der Waals surface area contributed by atoms with Gasteiger partial charge in [0.15, 0.2) is 10.9 Å². The maximum atomic E-state index is 12.8. The minimum absolute atomic E-state index is 0.0335. The maximum absolute atomic E-state index is 12.8. The topological polar surface area (TPSA) is 116 Å². The van der Waals surface area contributed by atoms with Gasteiger partial charge < -0.3 is 5.73 Å². The first-order valence-electron chi connectivity index (χ1n) is 10.1. The van der Waals surface area contributed by atoms with Gasteiger partial charge >= 0.3 is 5.69 Å². The Morgan fingerprint density at radius 1 is 1.16 bits per heavy atom. The van der Waals surface area contributed by atoms with Crippen LogP contribution < -0.4 is 17.0 Å². The molecule has 0 radical (unpaired) electrons. The lowest BCUT2D eigenvalue weighted by Crippen LogP contribution is -2.37. The highest BCUT2D eigenvalue weighted by molar-refractivity contribution is 7.99. The second kappa shape index (κ2) is 9.38. The number of Topliss-reactive ketones (excluding diaryl/α,β-unsaturated/α-hetero) is 1. The summed E-state index contributed by atoms with van der Waals surface area (Å²) in [5.74, 6) is -0.0240. The third-order valence-corrected chi connectivity index (χ3v) is 5.81. The van der Waals surface area contributed by atoms with E-state index in [1.807, 2.05) is 36.7 Å². The van der Waals surface area contributed by atoms with Crippen molar-refractivity contribution in [3.05, 3.63) is 68.6 Å². The Labute approximate surface area is 184 Å². The summed E-state index contributed by atoms with van der Waals surface area (Å²) in [5.41, 5.74) is 6.64. The Morgan fingerprint density at radius 2 is 1.84 bits per heavy atom. The second-order valence-electron chi connectivity index (χ2n) is 8.06. The van der Waals surface area contributed by atoms with Crippen LogP contribution in [0.1, 0.15) is 49.5 Å². The van der Waals surface area contributed by atoms with Gasteiger partial charge in [0.1, 0.15) is 11.4 Å². The fourth-order valence-electron chi connectivity index (χ4n) is 3.22. The number of carbonyl (C=O) groups is 1. The molecule has 3 rings (SSSR count). The third-order valence-electron chi connectivity index (χ3n) is 4.84. The zero-order valence-corrected chi connectivity index (χ0v) is 18.9. The SMILES string of the molecule is CC(C)Cn1c(N)c(C(=O)CSc2nccn2-c2ccc(C(C)C)cc2)c(=O)[nH]c1=O. The van der Waals surface area contributed by atoms with Crippen LogP contribution in [0.4, 0.5) is 5.82 Å². The van der Waals surface area contributed by atoms with E-state index in [0.29, 0.717) is 17.6 Å². The number of aromatic nitrogens is 4. The third kappa shape index (κ3) is 4.99. The number of benzene rings is 1. The standard InChI is InChI=1S/C22H27N5O3S/c1-13(2)11-27-19(23)18(20(29)25-21(27)30)17(28)12-31-22-24-9-10-26(22)16-7-5-15(6-8-16)14(3)4/h5-10,13-14H,11-12,23H2,1-4H3,(H,25,29,30). The van der Waals surface area contributed by atoms with Gasteiger partial charge in [-0.15, -0.1) is 0 Å². The second-order valence-corrected chi connectivity index (χ2v) is 9.00. The molecule has 0 saturated heterocycles. The van der Waals surface area contributed by atoms with Crippen LogP contribution in [0, 0.1) is 5.92 Å². The van der Waals surface area contributed by atoms with E-state index >= 15 is 0 Å². The fourth-order valence-corrected chi connectivity index (χ4v) is 4.06. The van der Waals surface area contributed by atoms with Gasteiger partial charge in [-0.2, -0.15) is 0 Å². The van der Waals surface area contributed by atoms with Crippen LogP contribution >= 0.6 is 11.8 Å². The van der Waals surface area contributed by atoms with E-state index in [9.17, 15) is 14.4 Å². The summed E-state index contributed by atoms with van der Waals surface area (Å²) < 4.78 is 3.12. The highest BCUT2D eigenvalue weighted by Crippen LogP contribution is 2.23. The van der Waals surface area contributed by atoms with Gasteiger partial charge in [-0.25, -0.2) is 9.78 Å². The van der Waals surface area contributed by atoms with E-state index in [1.54, 1.807) is 6.20 Å². The number of rotatable bonds is 8. The fraction of sp³-hybridized carbons (Fsp3) is 0.364. The largest absolute Gasteiger partial charge is 0.384 e. The van der Waals surface area contributed by atoms with Crippen molar-refractivity contribution in [1.29, 1.82) is 0 Å². The zero-order chi connectivity index (χ0) is 22.7. The number of nitrogens with one attached hydrogen (secondary N) is 1. The van der Waals surface area contributed by atoms with Crippen molar-refractivity contribution in [3.63, 3.8) is 0 Å². The van der Waals surface area contributed by atoms with Crippen LogP contribution in [-0.2, 0) is 6.54 Å². The van der Waals surface area contributed by atoms with E-state index in [0.717, 1.165) is 5.69 Å². The summed E-state index contributed by atoms with van der Waals surface area (Å²) in [7, 11) is 0. The van der Waals surface area contributed by atoms with Crippen molar-refractivity contribution < 1.29 is 4.79 Å². The first-order chi connectivity index (χ1) is 14.7. The van der Waals surface area contributed by atoms with Gasteiger partial charge in [-0.3, -0.25) is 23.7 Å². The van der Waals surface area contributed by atoms with Crippen LogP contribution in [0.25, 0.3) is 5.69 Å². The molecule has 0 spiro atoms. The quantitative estimate of drug-likeness (QED) is 0.410. The number of hydrogen-bond acceptors (Lipinski definition) is 6. The molecular formula is C22H27N5O3S. The highest BCUT2D eigenvalue weighted by atomic mass is 32.2. The first-order valence-corrected chi connectivity index (χ1v) is 11.1. The van der Waals surface area contributed by atoms with Gasteiger partial charge in [0, 0.05) is 24.6 Å². The Bertz CT molecular complexity index is 1190. The highest BCUT2D eigenvalue weighted by Gasteiger charge is 2.20. The number of imidazole rings is 1. The normalized spacial score (nSPS) is 11.4. The summed E-state index contributed by atoms with van der Waals surface area (Å²) in [4.78, 5) is 43.7. The average molecular weight is 442 g/mol. The molecule has 0 unspecified atom stereocenters. The minimum Gasteiger partial charge on any atom is -0.384 e. The van der Waals surface area contributed by atoms with Gasteiger partial charge in [0.2, 0.25) is 0 Å². The molecular weight excluding hydrogens is 414 g/mol. The molecule has 8 nitrogen and oxygen atoms in total. The first kappa shape index (κ1) is 22.6. The van der Waals surface area contributed by atoms with Crippen molar-refractivity contribution in [1.82, 2.24) is 19.1 Å². The van der Waals surface area contributed by atoms with Crippen molar-refractivity contribution in [2.24, 2.45) is 5.92 Å². The Balaban J connectivity index is 1.82. The molecule has 2 aromatic heterocycles. The Kier molecular flexibility index (Phi) is 6.84. The van der Waals surface area contributed by atoms with Crippen LogP contribution in [0.3, 0.4) is 0 Å². The number of hydrogen-bond donors (Lipinski definition) is 2. The van der Waals surface area contributed by atoms with Gasteiger partial charge in [-0.05, 0) is 29.5 Å². The lowest BCUT2D eigenvalue weighted by Gasteiger charge is -2.14. The number of carbonyl (C=O) groups excluding carboxylic acids is 1. The van der Waals surface area contributed by atoms with E-state index < -0.39 is 17.0 Å². The number of thioether (sulfide) groups is 1. The van der Waals surface area contributed by atoms with Gasteiger partial charge in [-0.1, -0.05) is 51.6 Å². The molecule has 2 heterocycles. The lowest BCUT2D eigenvalue weighted by molar-refractivity contribution is 0.102. The Morgan fingerprint density at radius 3 is 2.45 bits per heavy atom. The number of anilines is 1. The van der Waals surface area contributed by atoms with Crippen molar-refractivity contribution in [3.8, 4) is 5.69 Å². The summed E-state index contributed by atoms with van der Waals surface area (Å²) in [5, 5.41) is 0.621. The summed E-state index contributed by atoms with van der Waals surface area (Å²) in [6.07, 6.45) is 3.48. The summed E-state index contributed by atoms with van der Waals surface area (Å²) >= 11 is 1.21. The molecule has 1 aromatic carbocycles. The average Bonchev–Trinajstić information content (AvgIpc) is 3.18. The molecule has 0 aliphatic rings. The zero-order valence-electron chi connectivity index (χ0n) is 18.1. The molecule has 164 valence electrons. The number of H-pyrrole nitrogens is 1. The minimum atomic E-state index is -0.763. The predicted molar refractivity (Wildman–Crippen MR) is 123 cm³/mol. The van der Waals surface area contributed by atoms with E-state index in [-0.39, 0.29) is 23.1 Å². The molecule has 0 amide bonds. The number of nitrogen functional groups attached to an aromatic ring is 1. The predicted octanol–water partition coefficient (Wildman–Crippen LogP) is 3.06.